The summed E-state index contributed by atoms with van der Waals surface area (Å²) >= 11 is 2.91. The highest BCUT2D eigenvalue weighted by molar-refractivity contribution is 7.99. The highest BCUT2D eigenvalue weighted by atomic mass is 32.2. The molecule has 0 atom stereocenters. The predicted molar refractivity (Wildman–Crippen MR) is 108 cm³/mol. The van der Waals surface area contributed by atoms with E-state index in [0.717, 1.165) is 26.4 Å². The van der Waals surface area contributed by atoms with Crippen LogP contribution in [0.3, 0.4) is 0 Å². The van der Waals surface area contributed by atoms with Crippen LogP contribution in [0.1, 0.15) is 27.2 Å². The number of thiophene rings is 1. The molecule has 0 unspecified atom stereocenters. The largest absolute Gasteiger partial charge is 0.365 e. The second-order valence-electron chi connectivity index (χ2n) is 5.84. The molecule has 2 aromatic heterocycles. The summed E-state index contributed by atoms with van der Waals surface area (Å²) < 4.78 is 0. The zero-order valence-corrected chi connectivity index (χ0v) is 16.2. The smallest absolute Gasteiger partial charge is 0.251 e. The second kappa shape index (κ2) is 7.88. The predicted octanol–water partition coefficient (Wildman–Crippen LogP) is 4.13. The first-order valence-corrected chi connectivity index (χ1v) is 9.94. The third kappa shape index (κ3) is 4.05. The van der Waals surface area contributed by atoms with Gasteiger partial charge in [0.05, 0.1) is 16.1 Å². The van der Waals surface area contributed by atoms with Crippen molar-refractivity contribution in [2.24, 2.45) is 5.73 Å². The molecule has 134 valence electrons. The number of aromatic nitrogens is 1. The molecule has 3 N–H and O–H groups in total. The number of carbonyl (C=O) groups excluding carboxylic acids is 2. The van der Waals surface area contributed by atoms with Gasteiger partial charge in [0.2, 0.25) is 5.91 Å². The summed E-state index contributed by atoms with van der Waals surface area (Å²) in [7, 11) is 0. The monoisotopic (exact) mass is 385 g/mol. The number of amides is 2. The number of nitrogens with zero attached hydrogens (tertiary/aromatic N) is 1. The number of benzene rings is 1. The van der Waals surface area contributed by atoms with Crippen LogP contribution in [0.5, 0.6) is 0 Å². The normalized spacial score (nSPS) is 10.8. The van der Waals surface area contributed by atoms with Gasteiger partial charge in [-0.15, -0.1) is 23.1 Å². The Kier molecular flexibility index (Phi) is 5.58. The summed E-state index contributed by atoms with van der Waals surface area (Å²) in [6, 6.07) is 11.9. The van der Waals surface area contributed by atoms with Gasteiger partial charge in [-0.3, -0.25) is 9.59 Å². The average molecular weight is 386 g/mol. The van der Waals surface area contributed by atoms with Crippen LogP contribution in [0, 0.1) is 13.8 Å². The fourth-order valence-corrected chi connectivity index (χ4v) is 4.48. The van der Waals surface area contributed by atoms with Crippen molar-refractivity contribution in [1.82, 2.24) is 4.98 Å². The summed E-state index contributed by atoms with van der Waals surface area (Å²) in [5, 5.41) is 5.33. The van der Waals surface area contributed by atoms with Crippen LogP contribution in [0.2, 0.25) is 0 Å². The highest BCUT2D eigenvalue weighted by Crippen LogP contribution is 2.32. The minimum absolute atomic E-state index is 0.137. The fourth-order valence-electron chi connectivity index (χ4n) is 2.58. The number of fused-ring (bicyclic) bond motifs is 1. The summed E-state index contributed by atoms with van der Waals surface area (Å²) in [6.45, 7) is 3.74. The Balaban J connectivity index is 1.59. The van der Waals surface area contributed by atoms with Gasteiger partial charge in [-0.25, -0.2) is 4.98 Å². The van der Waals surface area contributed by atoms with Crippen LogP contribution in [-0.2, 0) is 4.79 Å². The first-order valence-electron chi connectivity index (χ1n) is 8.14. The number of aryl methyl sites for hydroxylation is 1. The molecule has 26 heavy (non-hydrogen) atoms. The molecule has 3 aromatic rings. The van der Waals surface area contributed by atoms with Crippen molar-refractivity contribution in [3.05, 3.63) is 52.4 Å². The van der Waals surface area contributed by atoms with Gasteiger partial charge in [0, 0.05) is 22.4 Å². The lowest BCUT2D eigenvalue weighted by Gasteiger charge is -2.06. The molecule has 1 aromatic carbocycles. The van der Waals surface area contributed by atoms with Gasteiger partial charge >= 0.3 is 0 Å². The number of nitrogens with two attached hydrogens (primary N) is 1. The Hall–Kier alpha value is -2.38. The van der Waals surface area contributed by atoms with Crippen molar-refractivity contribution in [1.29, 1.82) is 0 Å². The van der Waals surface area contributed by atoms with Crippen molar-refractivity contribution < 1.29 is 9.59 Å². The van der Waals surface area contributed by atoms with E-state index in [0.29, 0.717) is 22.7 Å². The lowest BCUT2D eigenvalue weighted by Crippen LogP contribution is -2.17. The molecule has 5 nitrogen and oxygen atoms in total. The topological polar surface area (TPSA) is 85.1 Å². The first kappa shape index (κ1) is 18.4. The lowest BCUT2D eigenvalue weighted by atomic mass is 10.1. The molecule has 0 bridgehead atoms. The number of primary amides is 1. The summed E-state index contributed by atoms with van der Waals surface area (Å²) in [5.41, 5.74) is 7.61. The number of hydrogen-bond donors (Lipinski definition) is 2. The highest BCUT2D eigenvalue weighted by Gasteiger charge is 2.18. The maximum Gasteiger partial charge on any atom is 0.251 e. The zero-order chi connectivity index (χ0) is 18.7. The van der Waals surface area contributed by atoms with Gasteiger partial charge in [0.25, 0.3) is 5.91 Å². The van der Waals surface area contributed by atoms with Gasteiger partial charge < -0.3 is 11.1 Å². The third-order valence-corrected chi connectivity index (χ3v) is 6.09. The van der Waals surface area contributed by atoms with Crippen LogP contribution in [-0.4, -0.2) is 22.6 Å². The Bertz CT molecular complexity index is 982. The van der Waals surface area contributed by atoms with E-state index in [-0.39, 0.29) is 5.91 Å². The Labute approximate surface area is 160 Å². The van der Waals surface area contributed by atoms with Gasteiger partial charge in [-0.1, -0.05) is 24.3 Å². The van der Waals surface area contributed by atoms with Gasteiger partial charge in [-0.05, 0) is 31.5 Å². The van der Waals surface area contributed by atoms with E-state index in [2.05, 4.69) is 10.3 Å². The molecule has 0 aliphatic carbocycles. The maximum atomic E-state index is 12.2. The quantitative estimate of drug-likeness (QED) is 0.625. The Morgan fingerprint density at radius 2 is 1.96 bits per heavy atom. The molecule has 0 aliphatic heterocycles. The van der Waals surface area contributed by atoms with Crippen LogP contribution in [0.15, 0.2) is 41.4 Å². The van der Waals surface area contributed by atoms with Crippen LogP contribution in [0.25, 0.3) is 10.9 Å². The minimum atomic E-state index is -0.517. The summed E-state index contributed by atoms with van der Waals surface area (Å²) in [4.78, 5) is 29.4. The van der Waals surface area contributed by atoms with Crippen LogP contribution in [0.4, 0.5) is 5.00 Å². The number of anilines is 1. The lowest BCUT2D eigenvalue weighted by molar-refractivity contribution is -0.115. The number of nitrogens with one attached hydrogen (secondary N) is 1. The van der Waals surface area contributed by atoms with Crippen molar-refractivity contribution in [2.45, 2.75) is 25.3 Å². The van der Waals surface area contributed by atoms with Crippen molar-refractivity contribution in [3.63, 3.8) is 0 Å². The molecule has 0 spiro atoms. The van der Waals surface area contributed by atoms with E-state index >= 15 is 0 Å². The first-order chi connectivity index (χ1) is 12.5. The van der Waals surface area contributed by atoms with Gasteiger partial charge in [-0.2, -0.15) is 0 Å². The average Bonchev–Trinajstić information content (AvgIpc) is 2.88. The van der Waals surface area contributed by atoms with Crippen LogP contribution >= 0.6 is 23.1 Å². The molecule has 3 rings (SSSR count). The van der Waals surface area contributed by atoms with E-state index in [1.807, 2.05) is 50.2 Å². The van der Waals surface area contributed by atoms with Crippen molar-refractivity contribution in [2.75, 3.05) is 11.1 Å². The van der Waals surface area contributed by atoms with Gasteiger partial charge in [0.1, 0.15) is 5.00 Å². The van der Waals surface area contributed by atoms with E-state index < -0.39 is 5.91 Å². The zero-order valence-electron chi connectivity index (χ0n) is 14.5. The number of hydrogen-bond acceptors (Lipinski definition) is 5. The number of para-hydroxylation sites is 1. The molecule has 0 fully saturated rings. The molecule has 0 aliphatic rings. The maximum absolute atomic E-state index is 12.2. The molecule has 0 saturated carbocycles. The molecule has 0 radical (unpaired) electrons. The Morgan fingerprint density at radius 1 is 1.19 bits per heavy atom. The molecule has 7 heteroatoms. The standard InChI is InChI=1S/C19H19N3O2S2/c1-11-12(2)26-19(17(11)18(20)24)22-15(23)9-10-25-16-8-7-13-5-3-4-6-14(13)21-16/h3-8H,9-10H2,1-2H3,(H2,20,24)(H,22,23). The number of pyridine rings is 1. The molecule has 2 heterocycles. The van der Waals surface area contributed by atoms with Crippen molar-refractivity contribution >= 4 is 50.8 Å². The number of rotatable bonds is 6. The molecular weight excluding hydrogens is 366 g/mol. The molecular formula is C19H19N3O2S2. The van der Waals surface area contributed by atoms with Gasteiger partial charge in [0.15, 0.2) is 0 Å². The van der Waals surface area contributed by atoms with E-state index in [1.165, 1.54) is 23.1 Å². The fraction of sp³-hybridized carbons (Fsp3) is 0.211. The van der Waals surface area contributed by atoms with Crippen molar-refractivity contribution in [3.8, 4) is 0 Å². The molecule has 2 amide bonds. The Morgan fingerprint density at radius 3 is 2.73 bits per heavy atom. The minimum Gasteiger partial charge on any atom is -0.365 e. The van der Waals surface area contributed by atoms with E-state index in [9.17, 15) is 9.59 Å². The second-order valence-corrected chi connectivity index (χ2v) is 8.18. The number of carbonyl (C=O) groups is 2. The SMILES string of the molecule is Cc1sc(NC(=O)CCSc2ccc3ccccc3n2)c(C(N)=O)c1C. The van der Waals surface area contributed by atoms with E-state index in [4.69, 9.17) is 5.73 Å². The summed E-state index contributed by atoms with van der Waals surface area (Å²) in [6.07, 6.45) is 0.327. The van der Waals surface area contributed by atoms with E-state index in [1.54, 1.807) is 0 Å². The summed E-state index contributed by atoms with van der Waals surface area (Å²) in [5.74, 6) is -0.0502. The number of thioether (sulfide) groups is 1. The van der Waals surface area contributed by atoms with Crippen LogP contribution < -0.4 is 11.1 Å². The molecule has 0 saturated heterocycles. The third-order valence-electron chi connectivity index (χ3n) is 4.04.